The summed E-state index contributed by atoms with van der Waals surface area (Å²) in [6, 6.07) is 0. The number of piperidine rings is 1. The third-order valence-electron chi connectivity index (χ3n) is 4.06. The Kier molecular flexibility index (Phi) is 5.98. The third kappa shape index (κ3) is 4.64. The highest BCUT2D eigenvalue weighted by Gasteiger charge is 2.34. The van der Waals surface area contributed by atoms with Crippen LogP contribution in [0.5, 0.6) is 0 Å². The quantitative estimate of drug-likeness (QED) is 0.663. The fourth-order valence-electron chi connectivity index (χ4n) is 2.87. The first kappa shape index (κ1) is 16.7. The first-order valence-electron chi connectivity index (χ1n) is 7.56. The number of nitrogens with one attached hydrogen (secondary N) is 1. The molecule has 0 spiro atoms. The first-order chi connectivity index (χ1) is 10.0. The third-order valence-corrected chi connectivity index (χ3v) is 6.07. The molecule has 21 heavy (non-hydrogen) atoms. The van der Waals surface area contributed by atoms with E-state index in [0.29, 0.717) is 32.8 Å². The van der Waals surface area contributed by atoms with E-state index in [0.717, 1.165) is 19.3 Å². The number of carbonyl (C=O) groups excluding carboxylic acids is 1. The van der Waals surface area contributed by atoms with Gasteiger partial charge in [-0.1, -0.05) is 0 Å². The van der Waals surface area contributed by atoms with E-state index < -0.39 is 10.0 Å². The zero-order chi connectivity index (χ0) is 15.3. The second kappa shape index (κ2) is 7.53. The summed E-state index contributed by atoms with van der Waals surface area (Å²) in [6.07, 6.45) is 2.25. The lowest BCUT2D eigenvalue weighted by atomic mass is 9.99. The molecule has 8 heteroatoms. The Morgan fingerprint density at radius 2 is 2.19 bits per heavy atom. The molecule has 7 nitrogen and oxygen atoms in total. The molecule has 2 atom stereocenters. The van der Waals surface area contributed by atoms with Crippen molar-refractivity contribution >= 4 is 15.9 Å². The Balaban J connectivity index is 1.91. The molecule has 0 saturated carbocycles. The lowest BCUT2D eigenvalue weighted by Gasteiger charge is -2.31. The topological polar surface area (TPSA) is 102 Å². The SMILES string of the molecule is NCCNC(=O)C1CCCN(S(=O)(=O)CC2CCOC2)C1. The maximum absolute atomic E-state index is 12.4. The van der Waals surface area contributed by atoms with Crippen molar-refractivity contribution < 1.29 is 17.9 Å². The van der Waals surface area contributed by atoms with Gasteiger partial charge in [0.15, 0.2) is 0 Å². The molecule has 0 aliphatic carbocycles. The number of hydrogen-bond acceptors (Lipinski definition) is 5. The summed E-state index contributed by atoms with van der Waals surface area (Å²) < 4.78 is 31.6. The molecule has 2 unspecified atom stereocenters. The molecular weight excluding hydrogens is 294 g/mol. The van der Waals surface area contributed by atoms with Crippen LogP contribution in [0, 0.1) is 11.8 Å². The predicted octanol–water partition coefficient (Wildman–Crippen LogP) is -0.860. The van der Waals surface area contributed by atoms with Crippen molar-refractivity contribution in [1.29, 1.82) is 0 Å². The number of sulfonamides is 1. The minimum atomic E-state index is -3.31. The maximum Gasteiger partial charge on any atom is 0.224 e. The lowest BCUT2D eigenvalue weighted by molar-refractivity contribution is -0.126. The highest BCUT2D eigenvalue weighted by atomic mass is 32.2. The van der Waals surface area contributed by atoms with Gasteiger partial charge in [-0.15, -0.1) is 0 Å². The van der Waals surface area contributed by atoms with Gasteiger partial charge in [-0.2, -0.15) is 0 Å². The van der Waals surface area contributed by atoms with Crippen LogP contribution >= 0.6 is 0 Å². The number of nitrogens with zero attached hydrogens (tertiary/aromatic N) is 1. The molecule has 0 aromatic rings. The van der Waals surface area contributed by atoms with Crippen LogP contribution in [0.25, 0.3) is 0 Å². The van der Waals surface area contributed by atoms with E-state index in [-0.39, 0.29) is 30.0 Å². The molecule has 0 bridgehead atoms. The molecule has 1 amide bonds. The Hall–Kier alpha value is -0.700. The van der Waals surface area contributed by atoms with Crippen LogP contribution in [0.15, 0.2) is 0 Å². The number of rotatable bonds is 6. The predicted molar refractivity (Wildman–Crippen MR) is 79.1 cm³/mol. The summed E-state index contributed by atoms with van der Waals surface area (Å²) in [5, 5.41) is 2.74. The lowest BCUT2D eigenvalue weighted by Crippen LogP contribution is -2.47. The molecule has 3 N–H and O–H groups in total. The van der Waals surface area contributed by atoms with Gasteiger partial charge in [-0.25, -0.2) is 12.7 Å². The van der Waals surface area contributed by atoms with Crippen molar-refractivity contribution in [3.8, 4) is 0 Å². The summed E-state index contributed by atoms with van der Waals surface area (Å²) in [7, 11) is -3.31. The maximum atomic E-state index is 12.4. The molecule has 0 aromatic heterocycles. The second-order valence-electron chi connectivity index (χ2n) is 5.79. The van der Waals surface area contributed by atoms with Gasteiger partial charge < -0.3 is 15.8 Å². The van der Waals surface area contributed by atoms with E-state index in [9.17, 15) is 13.2 Å². The number of nitrogens with two attached hydrogens (primary N) is 1. The normalized spacial score (nSPS) is 27.7. The molecule has 2 rings (SSSR count). The van der Waals surface area contributed by atoms with Crippen LogP contribution in [0.4, 0.5) is 0 Å². The minimum absolute atomic E-state index is 0.0847. The van der Waals surface area contributed by atoms with Crippen molar-refractivity contribution in [2.24, 2.45) is 17.6 Å². The minimum Gasteiger partial charge on any atom is -0.381 e. The van der Waals surface area contributed by atoms with Crippen LogP contribution < -0.4 is 11.1 Å². The molecule has 0 radical (unpaired) electrons. The molecule has 2 aliphatic rings. The zero-order valence-electron chi connectivity index (χ0n) is 12.3. The fraction of sp³-hybridized carbons (Fsp3) is 0.923. The smallest absolute Gasteiger partial charge is 0.224 e. The Labute approximate surface area is 126 Å². The first-order valence-corrected chi connectivity index (χ1v) is 9.17. The van der Waals surface area contributed by atoms with Crippen molar-refractivity contribution in [3.05, 3.63) is 0 Å². The molecule has 2 saturated heterocycles. The van der Waals surface area contributed by atoms with Crippen molar-refractivity contribution in [2.75, 3.05) is 45.1 Å². The molecular formula is C13H25N3O4S. The van der Waals surface area contributed by atoms with Crippen molar-refractivity contribution in [3.63, 3.8) is 0 Å². The zero-order valence-corrected chi connectivity index (χ0v) is 13.1. The van der Waals surface area contributed by atoms with Crippen LogP contribution in [0.2, 0.25) is 0 Å². The van der Waals surface area contributed by atoms with E-state index >= 15 is 0 Å². The summed E-state index contributed by atoms with van der Waals surface area (Å²) >= 11 is 0. The van der Waals surface area contributed by atoms with Gasteiger partial charge >= 0.3 is 0 Å². The van der Waals surface area contributed by atoms with Crippen LogP contribution in [0.1, 0.15) is 19.3 Å². The number of carbonyl (C=O) groups is 1. The molecule has 0 aromatic carbocycles. The summed E-state index contributed by atoms with van der Waals surface area (Å²) in [5.41, 5.74) is 5.36. The monoisotopic (exact) mass is 319 g/mol. The molecule has 2 heterocycles. The van der Waals surface area contributed by atoms with Crippen LogP contribution in [-0.2, 0) is 19.6 Å². The Morgan fingerprint density at radius 3 is 2.86 bits per heavy atom. The van der Waals surface area contributed by atoms with E-state index in [1.54, 1.807) is 0 Å². The summed E-state index contributed by atoms with van der Waals surface area (Å²) in [5.74, 6) is -0.143. The highest BCUT2D eigenvalue weighted by Crippen LogP contribution is 2.23. The Bertz CT molecular complexity index is 448. The molecule has 122 valence electrons. The van der Waals surface area contributed by atoms with Gasteiger partial charge in [-0.3, -0.25) is 4.79 Å². The van der Waals surface area contributed by atoms with Gasteiger partial charge in [0.25, 0.3) is 0 Å². The van der Waals surface area contributed by atoms with E-state index in [1.807, 2.05) is 0 Å². The average molecular weight is 319 g/mol. The highest BCUT2D eigenvalue weighted by molar-refractivity contribution is 7.89. The second-order valence-corrected chi connectivity index (χ2v) is 7.80. The van der Waals surface area contributed by atoms with E-state index in [2.05, 4.69) is 5.32 Å². The Morgan fingerprint density at radius 1 is 1.38 bits per heavy atom. The standard InChI is InChI=1S/C13H25N3O4S/c14-4-5-15-13(17)12-2-1-6-16(8-12)21(18,19)10-11-3-7-20-9-11/h11-12H,1-10,14H2,(H,15,17). The largest absolute Gasteiger partial charge is 0.381 e. The van der Waals surface area contributed by atoms with Gasteiger partial charge in [0.05, 0.1) is 18.3 Å². The molecule has 2 aliphatic heterocycles. The van der Waals surface area contributed by atoms with Gasteiger partial charge in [0.2, 0.25) is 15.9 Å². The van der Waals surface area contributed by atoms with E-state index in [4.69, 9.17) is 10.5 Å². The van der Waals surface area contributed by atoms with Crippen molar-refractivity contribution in [2.45, 2.75) is 19.3 Å². The van der Waals surface area contributed by atoms with Gasteiger partial charge in [0, 0.05) is 32.8 Å². The number of amides is 1. The van der Waals surface area contributed by atoms with Crippen LogP contribution in [-0.4, -0.2) is 63.8 Å². The fourth-order valence-corrected chi connectivity index (χ4v) is 4.75. The number of ether oxygens (including phenoxy) is 1. The van der Waals surface area contributed by atoms with E-state index in [1.165, 1.54) is 4.31 Å². The summed E-state index contributed by atoms with van der Waals surface area (Å²) in [4.78, 5) is 12.0. The van der Waals surface area contributed by atoms with Gasteiger partial charge in [0.1, 0.15) is 0 Å². The molecule has 2 fully saturated rings. The average Bonchev–Trinajstić information content (AvgIpc) is 2.97. The van der Waals surface area contributed by atoms with Crippen molar-refractivity contribution in [1.82, 2.24) is 9.62 Å². The summed E-state index contributed by atoms with van der Waals surface area (Å²) in [6.45, 7) is 2.78. The number of hydrogen-bond donors (Lipinski definition) is 2. The van der Waals surface area contributed by atoms with Gasteiger partial charge in [-0.05, 0) is 25.2 Å². The van der Waals surface area contributed by atoms with Crippen LogP contribution in [0.3, 0.4) is 0 Å².